The summed E-state index contributed by atoms with van der Waals surface area (Å²) in [6, 6.07) is 6.26. The minimum Gasteiger partial charge on any atom is -0.435 e. The van der Waals surface area contributed by atoms with Crippen molar-refractivity contribution in [2.75, 3.05) is 0 Å². The molecule has 3 heterocycles. The number of hydrogen-bond donors (Lipinski definition) is 0. The van der Waals surface area contributed by atoms with Gasteiger partial charge in [0.2, 0.25) is 0 Å². The molecule has 0 saturated heterocycles. The number of halogens is 2. The van der Waals surface area contributed by atoms with E-state index in [1.807, 2.05) is 6.92 Å². The first kappa shape index (κ1) is 14.9. The van der Waals surface area contributed by atoms with Crippen molar-refractivity contribution in [2.24, 2.45) is 0 Å². The molecule has 0 N–H and O–H groups in total. The van der Waals surface area contributed by atoms with Crippen LogP contribution in [0, 0.1) is 13.8 Å². The second-order valence-corrected chi connectivity index (χ2v) is 6.52. The number of thiophene rings is 1. The van der Waals surface area contributed by atoms with Crippen LogP contribution < -0.4 is 4.74 Å². The summed E-state index contributed by atoms with van der Waals surface area (Å²) in [5.41, 5.74) is 2.61. The number of alkyl halides is 2. The molecule has 1 aromatic carbocycles. The van der Waals surface area contributed by atoms with E-state index in [9.17, 15) is 8.78 Å². The maximum Gasteiger partial charge on any atom is 0.387 e. The van der Waals surface area contributed by atoms with Crippen molar-refractivity contribution < 1.29 is 13.5 Å². The van der Waals surface area contributed by atoms with Crippen LogP contribution in [0.4, 0.5) is 8.78 Å². The van der Waals surface area contributed by atoms with Crippen LogP contribution in [-0.4, -0.2) is 26.2 Å². The zero-order chi connectivity index (χ0) is 16.8. The number of ether oxygens (including phenoxy) is 1. The zero-order valence-electron chi connectivity index (χ0n) is 12.8. The molecule has 122 valence electrons. The molecule has 0 aliphatic carbocycles. The van der Waals surface area contributed by atoms with Gasteiger partial charge < -0.3 is 4.74 Å². The van der Waals surface area contributed by atoms with Gasteiger partial charge in [0.15, 0.2) is 11.5 Å². The maximum atomic E-state index is 12.2. The fraction of sp³-hybridized carbons (Fsp3) is 0.188. The summed E-state index contributed by atoms with van der Waals surface area (Å²) in [5.74, 6) is 0.613. The summed E-state index contributed by atoms with van der Waals surface area (Å²) in [7, 11) is 0. The van der Waals surface area contributed by atoms with Crippen LogP contribution in [0.15, 0.2) is 30.6 Å². The number of hydrogen-bond acceptors (Lipinski definition) is 5. The van der Waals surface area contributed by atoms with Gasteiger partial charge in [-0.25, -0.2) is 14.5 Å². The Morgan fingerprint density at radius 2 is 1.92 bits per heavy atom. The van der Waals surface area contributed by atoms with Crippen molar-refractivity contribution in [2.45, 2.75) is 20.5 Å². The summed E-state index contributed by atoms with van der Waals surface area (Å²) in [6.45, 7) is 1.26. The lowest BCUT2D eigenvalue weighted by molar-refractivity contribution is -0.0498. The third-order valence-electron chi connectivity index (χ3n) is 3.84. The molecule has 4 rings (SSSR count). The predicted molar refractivity (Wildman–Crippen MR) is 87.7 cm³/mol. The molecule has 5 nitrogen and oxygen atoms in total. The Morgan fingerprint density at radius 3 is 2.62 bits per heavy atom. The Hall–Kier alpha value is -2.61. The summed E-state index contributed by atoms with van der Waals surface area (Å²) in [5, 5.41) is 5.43. The molecule has 0 aliphatic rings. The van der Waals surface area contributed by atoms with Crippen molar-refractivity contribution in [3.05, 3.63) is 41.0 Å². The zero-order valence-corrected chi connectivity index (χ0v) is 13.6. The van der Waals surface area contributed by atoms with E-state index in [0.29, 0.717) is 5.82 Å². The molecule has 0 spiro atoms. The summed E-state index contributed by atoms with van der Waals surface area (Å²) >= 11 is 1.63. The van der Waals surface area contributed by atoms with Crippen molar-refractivity contribution >= 4 is 27.2 Å². The van der Waals surface area contributed by atoms with E-state index in [1.165, 1.54) is 17.0 Å². The number of nitrogens with zero attached hydrogens (tertiary/aromatic N) is 4. The van der Waals surface area contributed by atoms with Crippen LogP contribution in [-0.2, 0) is 0 Å². The molecule has 0 atom stereocenters. The summed E-state index contributed by atoms with van der Waals surface area (Å²) < 4.78 is 30.4. The van der Waals surface area contributed by atoms with Gasteiger partial charge in [0.1, 0.15) is 16.9 Å². The standard InChI is InChI=1S/C16H12F2N4OS/c1-8-9(2)24-15-12(8)14-20-13(21-22(14)7-19-15)10-3-5-11(6-4-10)23-16(17)18/h3-7,16H,1-2H3. The molecule has 4 aromatic rings. The van der Waals surface area contributed by atoms with Crippen LogP contribution >= 0.6 is 11.3 Å². The number of fused-ring (bicyclic) bond motifs is 3. The molecule has 0 saturated carbocycles. The lowest BCUT2D eigenvalue weighted by atomic mass is 10.2. The van der Waals surface area contributed by atoms with Gasteiger partial charge in [-0.3, -0.25) is 0 Å². The SMILES string of the molecule is Cc1sc2ncn3nc(-c4ccc(OC(F)F)cc4)nc3c2c1C. The highest BCUT2D eigenvalue weighted by Crippen LogP contribution is 2.31. The van der Waals surface area contributed by atoms with Gasteiger partial charge in [0.05, 0.1) is 5.39 Å². The summed E-state index contributed by atoms with van der Waals surface area (Å²) in [4.78, 5) is 11.2. The van der Waals surface area contributed by atoms with E-state index < -0.39 is 6.61 Å². The Morgan fingerprint density at radius 1 is 1.17 bits per heavy atom. The van der Waals surface area contributed by atoms with E-state index in [4.69, 9.17) is 0 Å². The Bertz CT molecular complexity index is 1040. The first-order valence-electron chi connectivity index (χ1n) is 7.19. The number of aryl methyl sites for hydroxylation is 2. The van der Waals surface area contributed by atoms with Gasteiger partial charge in [-0.05, 0) is 43.7 Å². The van der Waals surface area contributed by atoms with Crippen LogP contribution in [0.1, 0.15) is 10.4 Å². The molecule has 24 heavy (non-hydrogen) atoms. The van der Waals surface area contributed by atoms with Crippen molar-refractivity contribution in [1.82, 2.24) is 19.6 Å². The van der Waals surface area contributed by atoms with Gasteiger partial charge in [-0.1, -0.05) is 0 Å². The minimum atomic E-state index is -2.84. The topological polar surface area (TPSA) is 52.3 Å². The van der Waals surface area contributed by atoms with E-state index in [1.54, 1.807) is 34.3 Å². The smallest absolute Gasteiger partial charge is 0.387 e. The third kappa shape index (κ3) is 2.39. The lowest BCUT2D eigenvalue weighted by Crippen LogP contribution is -2.01. The van der Waals surface area contributed by atoms with Crippen molar-refractivity contribution in [1.29, 1.82) is 0 Å². The molecular weight excluding hydrogens is 334 g/mol. The van der Waals surface area contributed by atoms with E-state index >= 15 is 0 Å². The molecule has 0 unspecified atom stereocenters. The van der Waals surface area contributed by atoms with Gasteiger partial charge in [-0.2, -0.15) is 8.78 Å². The number of benzene rings is 1. The minimum absolute atomic E-state index is 0.103. The number of rotatable bonds is 3. The average molecular weight is 346 g/mol. The monoisotopic (exact) mass is 346 g/mol. The molecule has 0 bridgehead atoms. The molecule has 8 heteroatoms. The fourth-order valence-electron chi connectivity index (χ4n) is 2.55. The largest absolute Gasteiger partial charge is 0.435 e. The normalized spacial score (nSPS) is 11.7. The highest BCUT2D eigenvalue weighted by Gasteiger charge is 2.15. The van der Waals surface area contributed by atoms with E-state index in [2.05, 4.69) is 26.7 Å². The van der Waals surface area contributed by atoms with Crippen LogP contribution in [0.3, 0.4) is 0 Å². The quantitative estimate of drug-likeness (QED) is 0.557. The number of aromatic nitrogens is 4. The average Bonchev–Trinajstić information content (AvgIpc) is 3.09. The predicted octanol–water partition coefficient (Wildman–Crippen LogP) is 4.22. The van der Waals surface area contributed by atoms with Crippen LogP contribution in [0.5, 0.6) is 5.75 Å². The molecule has 0 fully saturated rings. The second-order valence-electron chi connectivity index (χ2n) is 5.31. The first-order valence-corrected chi connectivity index (χ1v) is 8.01. The van der Waals surface area contributed by atoms with E-state index in [-0.39, 0.29) is 5.75 Å². The molecular formula is C16H12F2N4OS. The van der Waals surface area contributed by atoms with Crippen molar-refractivity contribution in [3.8, 4) is 17.1 Å². The van der Waals surface area contributed by atoms with Gasteiger partial charge >= 0.3 is 6.61 Å². The Kier molecular flexibility index (Phi) is 3.42. The molecule has 3 aromatic heterocycles. The lowest BCUT2D eigenvalue weighted by Gasteiger charge is -2.03. The second kappa shape index (κ2) is 5.48. The van der Waals surface area contributed by atoms with Crippen LogP contribution in [0.25, 0.3) is 27.3 Å². The maximum absolute atomic E-state index is 12.2. The highest BCUT2D eigenvalue weighted by molar-refractivity contribution is 7.18. The van der Waals surface area contributed by atoms with E-state index in [0.717, 1.165) is 27.0 Å². The highest BCUT2D eigenvalue weighted by atomic mass is 32.1. The Labute approximate surface area is 139 Å². The van der Waals surface area contributed by atoms with Gasteiger partial charge in [-0.15, -0.1) is 16.4 Å². The first-order chi connectivity index (χ1) is 11.5. The van der Waals surface area contributed by atoms with Gasteiger partial charge in [0, 0.05) is 10.4 Å². The Balaban J connectivity index is 1.81. The van der Waals surface area contributed by atoms with Gasteiger partial charge in [0.25, 0.3) is 0 Å². The fourth-order valence-corrected chi connectivity index (χ4v) is 3.54. The molecule has 0 amide bonds. The molecule has 0 aliphatic heterocycles. The van der Waals surface area contributed by atoms with Crippen LogP contribution in [0.2, 0.25) is 0 Å². The van der Waals surface area contributed by atoms with Crippen molar-refractivity contribution in [3.63, 3.8) is 0 Å². The summed E-state index contributed by atoms with van der Waals surface area (Å²) in [6.07, 6.45) is 1.64. The molecule has 0 radical (unpaired) electrons. The third-order valence-corrected chi connectivity index (χ3v) is 4.96.